The van der Waals surface area contributed by atoms with Crippen LogP contribution in [0.25, 0.3) is 11.1 Å². The van der Waals surface area contributed by atoms with Crippen LogP contribution in [-0.4, -0.2) is 52.7 Å². The summed E-state index contributed by atoms with van der Waals surface area (Å²) < 4.78 is 18.2. The van der Waals surface area contributed by atoms with Crippen molar-refractivity contribution in [2.75, 3.05) is 26.0 Å². The molecule has 0 spiro atoms. The van der Waals surface area contributed by atoms with E-state index in [0.29, 0.717) is 11.7 Å². The number of carbonyl (C=O) groups is 2. The van der Waals surface area contributed by atoms with Crippen molar-refractivity contribution in [1.82, 2.24) is 14.9 Å². The van der Waals surface area contributed by atoms with Crippen LogP contribution >= 0.6 is 11.8 Å². The summed E-state index contributed by atoms with van der Waals surface area (Å²) in [5, 5.41) is 0.486. The van der Waals surface area contributed by atoms with Crippen LogP contribution in [-0.2, 0) is 14.3 Å². The molecule has 0 bridgehead atoms. The number of aromatic nitrogens is 2. The van der Waals surface area contributed by atoms with Crippen LogP contribution in [0.4, 0.5) is 4.39 Å². The Kier molecular flexibility index (Phi) is 7.75. The highest BCUT2D eigenvalue weighted by molar-refractivity contribution is 7.99. The minimum Gasteiger partial charge on any atom is -0.468 e. The highest BCUT2D eigenvalue weighted by Gasteiger charge is 2.29. The van der Waals surface area contributed by atoms with Crippen LogP contribution in [0.1, 0.15) is 50.1 Å². The molecule has 1 aliphatic carbocycles. The number of likely N-dealkylation sites (tertiary alicyclic amines) is 1. The fourth-order valence-corrected chi connectivity index (χ4v) is 5.07. The van der Waals surface area contributed by atoms with Crippen LogP contribution in [0.5, 0.6) is 0 Å². The molecule has 1 saturated heterocycles. The fraction of sp³-hybridized carbons (Fsp3) is 0.440. The molecule has 0 unspecified atom stereocenters. The van der Waals surface area contributed by atoms with E-state index < -0.39 is 0 Å². The number of piperidine rings is 1. The van der Waals surface area contributed by atoms with Gasteiger partial charge in [0.1, 0.15) is 5.82 Å². The summed E-state index contributed by atoms with van der Waals surface area (Å²) >= 11 is 1.22. The lowest BCUT2D eigenvalue weighted by Crippen LogP contribution is -2.40. The summed E-state index contributed by atoms with van der Waals surface area (Å²) in [6.45, 7) is 1.33. The molecule has 33 heavy (non-hydrogen) atoms. The molecule has 1 aromatic heterocycles. The van der Waals surface area contributed by atoms with Crippen molar-refractivity contribution in [2.45, 2.75) is 49.6 Å². The third-order valence-corrected chi connectivity index (χ3v) is 6.99. The molecule has 1 aliphatic heterocycles. The minimum atomic E-state index is -0.344. The van der Waals surface area contributed by atoms with Crippen LogP contribution in [0, 0.1) is 5.82 Å². The van der Waals surface area contributed by atoms with E-state index in [9.17, 15) is 14.0 Å². The summed E-state index contributed by atoms with van der Waals surface area (Å²) in [6, 6.07) is 6.28. The topological polar surface area (TPSA) is 72.4 Å². The molecule has 2 aliphatic rings. The van der Waals surface area contributed by atoms with Gasteiger partial charge in [0.25, 0.3) is 0 Å². The number of hydrogen-bond acceptors (Lipinski definition) is 6. The summed E-state index contributed by atoms with van der Waals surface area (Å²) in [5.41, 5.74) is 3.42. The van der Waals surface area contributed by atoms with Crippen LogP contribution in [0.15, 0.2) is 47.3 Å². The largest absolute Gasteiger partial charge is 0.468 e. The summed E-state index contributed by atoms with van der Waals surface area (Å²) in [6.07, 6.45) is 9.65. The molecule has 1 aromatic carbocycles. The van der Waals surface area contributed by atoms with Crippen molar-refractivity contribution in [2.24, 2.45) is 0 Å². The van der Waals surface area contributed by atoms with E-state index in [1.54, 1.807) is 18.3 Å². The predicted octanol–water partition coefficient (Wildman–Crippen LogP) is 4.75. The van der Waals surface area contributed by atoms with Crippen molar-refractivity contribution < 1.29 is 18.7 Å². The highest BCUT2D eigenvalue weighted by Crippen LogP contribution is 2.35. The first kappa shape index (κ1) is 23.4. The number of carbonyl (C=O) groups excluding carboxylic acids is 2. The number of ether oxygens (including phenoxy) is 1. The Labute approximate surface area is 197 Å². The zero-order chi connectivity index (χ0) is 23.2. The molecule has 0 N–H and O–H groups in total. The summed E-state index contributed by atoms with van der Waals surface area (Å²) in [5.74, 6) is -0.357. The van der Waals surface area contributed by atoms with Gasteiger partial charge in [0.15, 0.2) is 5.16 Å². The lowest BCUT2D eigenvalue weighted by atomic mass is 9.89. The van der Waals surface area contributed by atoms with E-state index in [4.69, 9.17) is 9.72 Å². The van der Waals surface area contributed by atoms with Gasteiger partial charge in [0.05, 0.1) is 18.6 Å². The number of benzene rings is 1. The number of esters is 1. The van der Waals surface area contributed by atoms with Gasteiger partial charge in [-0.3, -0.25) is 9.59 Å². The van der Waals surface area contributed by atoms with Gasteiger partial charge in [0.2, 0.25) is 5.91 Å². The SMILES string of the molecule is COC(=O)CSc1ncc(-c2ccc(F)cc2)c([C@@H]2CCCN(C(=O)C3=CCCCC3)C2)n1. The van der Waals surface area contributed by atoms with Crippen LogP contribution < -0.4 is 0 Å². The smallest absolute Gasteiger partial charge is 0.316 e. The Bertz CT molecular complexity index is 1040. The van der Waals surface area contributed by atoms with Gasteiger partial charge < -0.3 is 9.64 Å². The molecular weight excluding hydrogens is 441 g/mol. The zero-order valence-electron chi connectivity index (χ0n) is 18.8. The second-order valence-corrected chi connectivity index (χ2v) is 9.33. The maximum Gasteiger partial charge on any atom is 0.316 e. The van der Waals surface area contributed by atoms with Crippen molar-refractivity contribution in [3.05, 3.63) is 53.6 Å². The van der Waals surface area contributed by atoms with E-state index in [-0.39, 0.29) is 29.4 Å². The molecule has 1 fully saturated rings. The van der Waals surface area contributed by atoms with Crippen LogP contribution in [0.2, 0.25) is 0 Å². The minimum absolute atomic E-state index is 0.0346. The monoisotopic (exact) mass is 469 g/mol. The van der Waals surface area contributed by atoms with E-state index in [2.05, 4.69) is 11.1 Å². The Balaban J connectivity index is 1.62. The average molecular weight is 470 g/mol. The van der Waals surface area contributed by atoms with E-state index in [0.717, 1.165) is 67.5 Å². The summed E-state index contributed by atoms with van der Waals surface area (Å²) in [7, 11) is 1.35. The third-order valence-electron chi connectivity index (χ3n) is 6.16. The number of rotatable bonds is 6. The predicted molar refractivity (Wildman–Crippen MR) is 125 cm³/mol. The Morgan fingerprint density at radius 1 is 1.21 bits per heavy atom. The van der Waals surface area contributed by atoms with Crippen molar-refractivity contribution in [3.63, 3.8) is 0 Å². The van der Waals surface area contributed by atoms with Crippen molar-refractivity contribution in [3.8, 4) is 11.1 Å². The number of hydrogen-bond donors (Lipinski definition) is 0. The molecule has 0 radical (unpaired) electrons. The molecule has 174 valence electrons. The van der Waals surface area contributed by atoms with E-state index >= 15 is 0 Å². The maximum atomic E-state index is 13.5. The molecule has 1 atom stereocenters. The summed E-state index contributed by atoms with van der Waals surface area (Å²) in [4.78, 5) is 35.9. The first-order chi connectivity index (χ1) is 16.0. The van der Waals surface area contributed by atoms with Crippen LogP contribution in [0.3, 0.4) is 0 Å². The maximum absolute atomic E-state index is 13.5. The second-order valence-electron chi connectivity index (χ2n) is 8.39. The van der Waals surface area contributed by atoms with Gasteiger partial charge in [-0.25, -0.2) is 14.4 Å². The lowest BCUT2D eigenvalue weighted by Gasteiger charge is -2.34. The number of methoxy groups -OCH3 is 1. The molecule has 4 rings (SSSR count). The number of nitrogens with zero attached hydrogens (tertiary/aromatic N) is 3. The quantitative estimate of drug-likeness (QED) is 0.345. The van der Waals surface area contributed by atoms with Gasteiger partial charge in [-0.15, -0.1) is 0 Å². The number of halogens is 1. The van der Waals surface area contributed by atoms with Crippen molar-refractivity contribution >= 4 is 23.6 Å². The van der Waals surface area contributed by atoms with Gasteiger partial charge in [-0.05, 0) is 56.2 Å². The molecule has 2 heterocycles. The standard InChI is InChI=1S/C25H28FN3O3S/c1-32-22(30)16-33-25-27-14-21(17-9-11-20(26)12-10-17)23(28-25)19-8-5-13-29(15-19)24(31)18-6-3-2-4-7-18/h6,9-12,14,19H,2-5,7-8,13,15-16H2,1H3/t19-/m1/s1. The van der Waals surface area contributed by atoms with Gasteiger partial charge in [-0.1, -0.05) is 30.0 Å². The van der Waals surface area contributed by atoms with Gasteiger partial charge in [-0.2, -0.15) is 0 Å². The lowest BCUT2D eigenvalue weighted by molar-refractivity contribution is -0.137. The first-order valence-corrected chi connectivity index (χ1v) is 12.3. The fourth-order valence-electron chi connectivity index (χ4n) is 4.41. The normalized spacial score (nSPS) is 18.5. The molecule has 1 amide bonds. The average Bonchev–Trinajstić information content (AvgIpc) is 2.87. The van der Waals surface area contributed by atoms with Gasteiger partial charge >= 0.3 is 5.97 Å². The molecule has 8 heteroatoms. The van der Waals surface area contributed by atoms with E-state index in [1.807, 2.05) is 4.90 Å². The number of amides is 1. The zero-order valence-corrected chi connectivity index (χ0v) is 19.6. The second kappa shape index (κ2) is 10.9. The van der Waals surface area contributed by atoms with Crippen molar-refractivity contribution in [1.29, 1.82) is 0 Å². The third kappa shape index (κ3) is 5.79. The Hall–Kier alpha value is -2.74. The number of allylic oxidation sites excluding steroid dienone is 1. The molecule has 6 nitrogen and oxygen atoms in total. The first-order valence-electron chi connectivity index (χ1n) is 11.4. The Morgan fingerprint density at radius 3 is 2.76 bits per heavy atom. The molecular formula is C25H28FN3O3S. The highest BCUT2D eigenvalue weighted by atomic mass is 32.2. The van der Waals surface area contributed by atoms with E-state index in [1.165, 1.54) is 31.0 Å². The van der Waals surface area contributed by atoms with Gasteiger partial charge in [0, 0.05) is 36.3 Å². The number of thioether (sulfide) groups is 1. The molecule has 2 aromatic rings. The Morgan fingerprint density at radius 2 is 2.03 bits per heavy atom. The molecule has 0 saturated carbocycles.